The van der Waals surface area contributed by atoms with Gasteiger partial charge >= 0.3 is 0 Å². The fraction of sp³-hybridized carbons (Fsp3) is 0.438. The Balaban J connectivity index is 1.70. The molecule has 1 aliphatic rings. The number of pyridine rings is 1. The van der Waals surface area contributed by atoms with Gasteiger partial charge in [-0.05, 0) is 55.3 Å². The molecule has 0 amide bonds. The third-order valence-electron chi connectivity index (χ3n) is 3.85. The van der Waals surface area contributed by atoms with Crippen molar-refractivity contribution in [2.75, 3.05) is 16.8 Å². The first-order valence-electron chi connectivity index (χ1n) is 7.29. The number of anilines is 2. The first kappa shape index (κ1) is 13.6. The second-order valence-electron chi connectivity index (χ2n) is 5.38. The van der Waals surface area contributed by atoms with Crippen LogP contribution in [0.1, 0.15) is 26.2 Å². The SMILES string of the molecule is CCSC1CCC(Nc2ccc3cc(N)ccc3n2)C1. The molecule has 3 N–H and O–H groups in total. The lowest BCUT2D eigenvalue weighted by Crippen LogP contribution is -2.16. The van der Waals surface area contributed by atoms with E-state index in [-0.39, 0.29) is 0 Å². The lowest BCUT2D eigenvalue weighted by Gasteiger charge is -2.14. The van der Waals surface area contributed by atoms with Crippen molar-refractivity contribution >= 4 is 34.2 Å². The molecule has 1 fully saturated rings. The van der Waals surface area contributed by atoms with E-state index in [0.29, 0.717) is 6.04 Å². The Morgan fingerprint density at radius 2 is 2.20 bits per heavy atom. The molecule has 1 aromatic heterocycles. The predicted octanol–water partition coefficient (Wildman–Crippen LogP) is 3.90. The van der Waals surface area contributed by atoms with Crippen LogP contribution < -0.4 is 11.1 Å². The minimum absolute atomic E-state index is 0.567. The number of benzene rings is 1. The fourth-order valence-corrected chi connectivity index (χ4v) is 4.03. The number of nitrogens with zero attached hydrogens (tertiary/aromatic N) is 1. The summed E-state index contributed by atoms with van der Waals surface area (Å²) < 4.78 is 0. The molecule has 1 aliphatic carbocycles. The molecular weight excluding hydrogens is 266 g/mol. The van der Waals surface area contributed by atoms with Crippen LogP contribution in [0.25, 0.3) is 10.9 Å². The highest BCUT2D eigenvalue weighted by atomic mass is 32.2. The van der Waals surface area contributed by atoms with Gasteiger partial charge in [0.25, 0.3) is 0 Å². The number of nitrogens with one attached hydrogen (secondary N) is 1. The summed E-state index contributed by atoms with van der Waals surface area (Å²) >= 11 is 2.08. The van der Waals surface area contributed by atoms with Crippen molar-refractivity contribution in [1.82, 2.24) is 4.98 Å². The highest BCUT2D eigenvalue weighted by molar-refractivity contribution is 7.99. The molecule has 2 aromatic rings. The van der Waals surface area contributed by atoms with Crippen LogP contribution in [-0.4, -0.2) is 22.0 Å². The molecule has 2 atom stereocenters. The van der Waals surface area contributed by atoms with Crippen LogP contribution in [0.5, 0.6) is 0 Å². The van der Waals surface area contributed by atoms with Gasteiger partial charge in [-0.15, -0.1) is 0 Å². The van der Waals surface area contributed by atoms with E-state index >= 15 is 0 Å². The summed E-state index contributed by atoms with van der Waals surface area (Å²) in [6, 6.07) is 10.6. The molecule has 1 aromatic carbocycles. The van der Waals surface area contributed by atoms with E-state index < -0.39 is 0 Å². The zero-order chi connectivity index (χ0) is 13.9. The average Bonchev–Trinajstić information content (AvgIpc) is 2.87. The van der Waals surface area contributed by atoms with Crippen LogP contribution in [-0.2, 0) is 0 Å². The van der Waals surface area contributed by atoms with E-state index in [1.807, 2.05) is 18.2 Å². The Hall–Kier alpha value is -1.42. The second-order valence-corrected chi connectivity index (χ2v) is 6.96. The van der Waals surface area contributed by atoms with Crippen LogP contribution in [0.4, 0.5) is 11.5 Å². The van der Waals surface area contributed by atoms with Crippen molar-refractivity contribution in [2.45, 2.75) is 37.5 Å². The molecule has 0 saturated heterocycles. The van der Waals surface area contributed by atoms with E-state index in [9.17, 15) is 0 Å². The zero-order valence-electron chi connectivity index (χ0n) is 11.8. The maximum atomic E-state index is 5.79. The first-order valence-corrected chi connectivity index (χ1v) is 8.34. The van der Waals surface area contributed by atoms with Gasteiger partial charge in [0.1, 0.15) is 5.82 Å². The molecule has 1 heterocycles. The number of thioether (sulfide) groups is 1. The van der Waals surface area contributed by atoms with Gasteiger partial charge in [0.05, 0.1) is 5.52 Å². The van der Waals surface area contributed by atoms with E-state index in [0.717, 1.165) is 27.7 Å². The van der Waals surface area contributed by atoms with Crippen LogP contribution in [0.2, 0.25) is 0 Å². The molecular formula is C16H21N3S. The number of rotatable bonds is 4. The van der Waals surface area contributed by atoms with Gasteiger partial charge in [-0.2, -0.15) is 11.8 Å². The summed E-state index contributed by atoms with van der Waals surface area (Å²) in [5, 5.41) is 5.50. The smallest absolute Gasteiger partial charge is 0.126 e. The summed E-state index contributed by atoms with van der Waals surface area (Å²) in [6.07, 6.45) is 3.82. The van der Waals surface area contributed by atoms with Crippen LogP contribution >= 0.6 is 11.8 Å². The first-order chi connectivity index (χ1) is 9.74. The van der Waals surface area contributed by atoms with Crippen molar-refractivity contribution in [3.63, 3.8) is 0 Å². The van der Waals surface area contributed by atoms with Crippen molar-refractivity contribution in [3.8, 4) is 0 Å². The normalized spacial score (nSPS) is 22.2. The maximum absolute atomic E-state index is 5.79. The second kappa shape index (κ2) is 5.92. The zero-order valence-corrected chi connectivity index (χ0v) is 12.6. The summed E-state index contributed by atoms with van der Waals surface area (Å²) in [4.78, 5) is 4.68. The molecule has 0 bridgehead atoms. The number of fused-ring (bicyclic) bond motifs is 1. The highest BCUT2D eigenvalue weighted by Gasteiger charge is 2.24. The topological polar surface area (TPSA) is 50.9 Å². The standard InChI is InChI=1S/C16H21N3S/c1-2-20-14-6-5-13(10-14)18-16-8-3-11-9-12(17)4-7-15(11)19-16/h3-4,7-9,13-14H,2,5-6,10,17H2,1H3,(H,18,19). The van der Waals surface area contributed by atoms with Gasteiger partial charge in [0.15, 0.2) is 0 Å². The fourth-order valence-electron chi connectivity index (χ4n) is 2.89. The van der Waals surface area contributed by atoms with Gasteiger partial charge in [-0.25, -0.2) is 4.98 Å². The van der Waals surface area contributed by atoms with Gasteiger partial charge < -0.3 is 11.1 Å². The summed E-state index contributed by atoms with van der Waals surface area (Å²) in [5.74, 6) is 2.20. The third-order valence-corrected chi connectivity index (χ3v) is 5.09. The van der Waals surface area contributed by atoms with Gasteiger partial charge in [-0.3, -0.25) is 0 Å². The molecule has 3 rings (SSSR count). The third kappa shape index (κ3) is 3.01. The van der Waals surface area contributed by atoms with E-state index in [1.165, 1.54) is 25.0 Å². The molecule has 1 saturated carbocycles. The van der Waals surface area contributed by atoms with E-state index in [4.69, 9.17) is 5.73 Å². The molecule has 0 spiro atoms. The van der Waals surface area contributed by atoms with Crippen LogP contribution in [0, 0.1) is 0 Å². The molecule has 2 unspecified atom stereocenters. The lowest BCUT2D eigenvalue weighted by atomic mass is 10.2. The number of hydrogen-bond donors (Lipinski definition) is 2. The lowest BCUT2D eigenvalue weighted by molar-refractivity contribution is 0.753. The number of aromatic nitrogens is 1. The Labute approximate surface area is 124 Å². The van der Waals surface area contributed by atoms with Gasteiger partial charge in [-0.1, -0.05) is 6.92 Å². The Morgan fingerprint density at radius 1 is 1.30 bits per heavy atom. The van der Waals surface area contributed by atoms with Crippen molar-refractivity contribution < 1.29 is 0 Å². The number of nitrogens with two attached hydrogens (primary N) is 1. The molecule has 106 valence electrons. The minimum Gasteiger partial charge on any atom is -0.399 e. The Morgan fingerprint density at radius 3 is 3.05 bits per heavy atom. The Bertz CT molecular complexity index is 599. The van der Waals surface area contributed by atoms with E-state index in [2.05, 4.69) is 41.1 Å². The largest absolute Gasteiger partial charge is 0.399 e. The summed E-state index contributed by atoms with van der Waals surface area (Å²) in [5.41, 5.74) is 7.58. The minimum atomic E-state index is 0.567. The predicted molar refractivity (Wildman–Crippen MR) is 89.3 cm³/mol. The average molecular weight is 287 g/mol. The quantitative estimate of drug-likeness (QED) is 0.837. The van der Waals surface area contributed by atoms with Crippen molar-refractivity contribution in [3.05, 3.63) is 30.3 Å². The number of nitrogen functional groups attached to an aromatic ring is 1. The summed E-state index contributed by atoms with van der Waals surface area (Å²) in [6.45, 7) is 2.24. The number of hydrogen-bond acceptors (Lipinski definition) is 4. The molecule has 3 nitrogen and oxygen atoms in total. The monoisotopic (exact) mass is 287 g/mol. The van der Waals surface area contributed by atoms with Crippen LogP contribution in [0.3, 0.4) is 0 Å². The van der Waals surface area contributed by atoms with Gasteiger partial charge in [0.2, 0.25) is 0 Å². The highest BCUT2D eigenvalue weighted by Crippen LogP contribution is 2.31. The van der Waals surface area contributed by atoms with Crippen LogP contribution in [0.15, 0.2) is 30.3 Å². The van der Waals surface area contributed by atoms with E-state index in [1.54, 1.807) is 0 Å². The summed E-state index contributed by atoms with van der Waals surface area (Å²) in [7, 11) is 0. The molecule has 20 heavy (non-hydrogen) atoms. The molecule has 0 radical (unpaired) electrons. The van der Waals surface area contributed by atoms with Crippen molar-refractivity contribution in [2.24, 2.45) is 0 Å². The van der Waals surface area contributed by atoms with Crippen molar-refractivity contribution in [1.29, 1.82) is 0 Å². The maximum Gasteiger partial charge on any atom is 0.126 e. The van der Waals surface area contributed by atoms with Gasteiger partial charge in [0, 0.05) is 22.4 Å². The Kier molecular flexibility index (Phi) is 4.01. The molecule has 0 aliphatic heterocycles. The molecule has 4 heteroatoms.